The van der Waals surface area contributed by atoms with Gasteiger partial charge in [0.1, 0.15) is 48.3 Å². The van der Waals surface area contributed by atoms with Gasteiger partial charge < -0.3 is 75.9 Å². The normalized spacial score (nSPS) is 23.6. The maximum Gasteiger partial charge on any atom is 0.245 e. The quantitative estimate of drug-likeness (QED) is 0.0426. The maximum atomic E-state index is 14.3. The smallest absolute Gasteiger partial charge is 0.245 e. The van der Waals surface area contributed by atoms with Gasteiger partial charge in [0.15, 0.2) is 0 Å². The number of unbranched alkanes of at least 4 members (excludes halogenated alkanes) is 4. The van der Waals surface area contributed by atoms with Crippen LogP contribution in [0.4, 0.5) is 0 Å². The molecule has 0 spiro atoms. The van der Waals surface area contributed by atoms with Crippen LogP contribution in [0.1, 0.15) is 138 Å². The molecule has 9 amide bonds. The maximum absolute atomic E-state index is 14.3. The number of rotatable bonds is 25. The predicted molar refractivity (Wildman–Crippen MR) is 266 cm³/mol. The molecule has 0 saturated carbocycles. The first kappa shape index (κ1) is 63.0. The van der Waals surface area contributed by atoms with E-state index in [-0.39, 0.29) is 95.3 Å². The molecule has 0 bridgehead atoms. The Kier molecular flexibility index (Phi) is 31.0. The molecule has 1 saturated heterocycles. The summed E-state index contributed by atoms with van der Waals surface area (Å²) in [6.45, 7) is 12.1. The van der Waals surface area contributed by atoms with E-state index in [0.29, 0.717) is 6.42 Å². The highest BCUT2D eigenvalue weighted by Gasteiger charge is 2.36. The fourth-order valence-corrected chi connectivity index (χ4v) is 7.84. The van der Waals surface area contributed by atoms with Crippen LogP contribution in [0, 0.1) is 17.8 Å². The number of carbonyl (C=O) groups excluding carboxylic acids is 9. The molecule has 0 aromatic rings. The highest BCUT2D eigenvalue weighted by atomic mass is 16.3. The summed E-state index contributed by atoms with van der Waals surface area (Å²) in [6.07, 6.45) is 3.90. The van der Waals surface area contributed by atoms with Gasteiger partial charge in [-0.25, -0.2) is 0 Å². The van der Waals surface area contributed by atoms with Gasteiger partial charge >= 0.3 is 0 Å². The molecular formula is C47H89N13O10. The van der Waals surface area contributed by atoms with Crippen molar-refractivity contribution in [1.82, 2.24) is 47.9 Å². The molecule has 70 heavy (non-hydrogen) atoms. The molecule has 0 unspecified atom stereocenters. The molecule has 0 aromatic heterocycles. The van der Waals surface area contributed by atoms with E-state index in [1.54, 1.807) is 13.8 Å². The number of hydrogen-bond donors (Lipinski definition) is 14. The second-order valence-corrected chi connectivity index (χ2v) is 19.6. The zero-order chi connectivity index (χ0) is 52.9. The van der Waals surface area contributed by atoms with Crippen LogP contribution in [0.3, 0.4) is 0 Å². The number of nitrogens with two attached hydrogens (primary N) is 4. The van der Waals surface area contributed by atoms with Gasteiger partial charge in [-0.1, -0.05) is 80.6 Å². The third-order valence-corrected chi connectivity index (χ3v) is 11.6. The fourth-order valence-electron chi connectivity index (χ4n) is 7.84. The lowest BCUT2D eigenvalue weighted by atomic mass is 9.99. The largest absolute Gasteiger partial charge is 0.393 e. The minimum absolute atomic E-state index is 0.0415. The highest BCUT2D eigenvalue weighted by Crippen LogP contribution is 2.13. The lowest BCUT2D eigenvalue weighted by Gasteiger charge is -2.30. The Morgan fingerprint density at radius 2 is 0.929 bits per heavy atom. The van der Waals surface area contributed by atoms with Gasteiger partial charge in [-0.2, -0.15) is 0 Å². The van der Waals surface area contributed by atoms with E-state index in [0.717, 1.165) is 32.1 Å². The molecule has 1 aliphatic heterocycles. The standard InChI is InChI=1S/C47H89N13O10/c1-8-9-10-11-12-13-30(61)25-39(62)53-31(14-18-48)41(64)60-38-26-52-40(63)35(22-27(2)3)57-43(66)33(16-20-50)54-42(65)32(15-19-49)55-45(68)36(23-28(4)5)59-46(69)37(24-29(6)7)58-44(67)34(17-21-51)56-47(38)70/h27-38,61H,8-26,48-51H2,1-7H3,(H,52,63)(H,53,62)(H,54,65)(H,55,68)(H,56,70)(H,57,66)(H,58,67)(H,59,69)(H,60,64)/t30-,31-,32+,33+,34+,35+,36+,37-,38+/m1/s1. The summed E-state index contributed by atoms with van der Waals surface area (Å²) in [7, 11) is 0. The van der Waals surface area contributed by atoms with E-state index in [9.17, 15) is 48.3 Å². The average molecular weight is 996 g/mol. The molecule has 23 heteroatoms. The van der Waals surface area contributed by atoms with E-state index in [4.69, 9.17) is 22.9 Å². The van der Waals surface area contributed by atoms with E-state index >= 15 is 0 Å². The molecule has 23 nitrogen and oxygen atoms in total. The van der Waals surface area contributed by atoms with Crippen LogP contribution in [0.25, 0.3) is 0 Å². The van der Waals surface area contributed by atoms with Crippen molar-refractivity contribution >= 4 is 53.2 Å². The molecule has 0 aromatic carbocycles. The molecule has 18 N–H and O–H groups in total. The van der Waals surface area contributed by atoms with E-state index in [1.165, 1.54) is 0 Å². The van der Waals surface area contributed by atoms with Gasteiger partial charge in [-0.05, 0) is 95.3 Å². The molecule has 9 atom stereocenters. The minimum atomic E-state index is -1.61. The molecule has 1 aliphatic rings. The van der Waals surface area contributed by atoms with Gasteiger partial charge in [0.25, 0.3) is 0 Å². The zero-order valence-corrected chi connectivity index (χ0v) is 42.8. The molecule has 0 radical (unpaired) electrons. The third-order valence-electron chi connectivity index (χ3n) is 11.6. The lowest BCUT2D eigenvalue weighted by molar-refractivity contribution is -0.136. The summed E-state index contributed by atoms with van der Waals surface area (Å²) in [5, 5.41) is 34.3. The Morgan fingerprint density at radius 1 is 0.543 bits per heavy atom. The SMILES string of the molecule is CCCCCCC[C@@H](O)CC(=O)N[C@H](CCN)C(=O)N[C@H]1CNC(=O)[C@H](CC(C)C)NC(=O)[C@H](CCN)NC(=O)[C@H](CCN)NC(=O)[C@H](CC(C)C)NC(=O)[C@@H](CC(C)C)NC(=O)[C@H](CCN)NC1=O. The number of hydrogen-bond acceptors (Lipinski definition) is 14. The second kappa shape index (κ2) is 34.4. The Hall–Kier alpha value is -4.97. The number of aliphatic hydroxyl groups is 1. The van der Waals surface area contributed by atoms with Gasteiger partial charge in [0.2, 0.25) is 53.2 Å². The summed E-state index contributed by atoms with van der Waals surface area (Å²) in [5.74, 6) is -7.49. The number of aliphatic hydroxyl groups excluding tert-OH is 1. The van der Waals surface area contributed by atoms with Crippen molar-refractivity contribution in [2.45, 2.75) is 193 Å². The van der Waals surface area contributed by atoms with Crippen LogP contribution < -0.4 is 70.8 Å². The lowest BCUT2D eigenvalue weighted by Crippen LogP contribution is -2.63. The van der Waals surface area contributed by atoms with Crippen molar-refractivity contribution in [2.24, 2.45) is 40.7 Å². The van der Waals surface area contributed by atoms with Crippen LogP contribution in [0.5, 0.6) is 0 Å². The van der Waals surface area contributed by atoms with Gasteiger partial charge in [-0.3, -0.25) is 43.2 Å². The van der Waals surface area contributed by atoms with Crippen LogP contribution in [0.2, 0.25) is 0 Å². The topological polar surface area (TPSA) is 386 Å². The third kappa shape index (κ3) is 24.7. The highest BCUT2D eigenvalue weighted by molar-refractivity contribution is 5.98. The van der Waals surface area contributed by atoms with Crippen LogP contribution >= 0.6 is 0 Å². The van der Waals surface area contributed by atoms with Crippen LogP contribution in [0.15, 0.2) is 0 Å². The van der Waals surface area contributed by atoms with Gasteiger partial charge in [0.05, 0.1) is 12.5 Å². The molecule has 1 rings (SSSR count). The van der Waals surface area contributed by atoms with Gasteiger partial charge in [0, 0.05) is 6.54 Å². The summed E-state index contributed by atoms with van der Waals surface area (Å²) >= 11 is 0. The Bertz CT molecular complexity index is 1670. The zero-order valence-electron chi connectivity index (χ0n) is 42.8. The molecule has 1 fully saturated rings. The monoisotopic (exact) mass is 996 g/mol. The summed E-state index contributed by atoms with van der Waals surface area (Å²) in [4.78, 5) is 125. The average Bonchev–Trinajstić information content (AvgIpc) is 3.27. The van der Waals surface area contributed by atoms with Crippen LogP contribution in [-0.4, -0.2) is 145 Å². The first-order chi connectivity index (χ1) is 33.1. The van der Waals surface area contributed by atoms with E-state index in [2.05, 4.69) is 54.8 Å². The predicted octanol–water partition coefficient (Wildman–Crippen LogP) is -2.36. The van der Waals surface area contributed by atoms with Crippen LogP contribution in [-0.2, 0) is 43.2 Å². The molecular weight excluding hydrogens is 907 g/mol. The van der Waals surface area contributed by atoms with Crippen molar-refractivity contribution in [3.63, 3.8) is 0 Å². The van der Waals surface area contributed by atoms with E-state index in [1.807, 2.05) is 27.7 Å². The summed E-state index contributed by atoms with van der Waals surface area (Å²) in [6, 6.07) is -10.5. The van der Waals surface area contributed by atoms with Crippen molar-refractivity contribution in [3.8, 4) is 0 Å². The number of nitrogens with one attached hydrogen (secondary N) is 9. The van der Waals surface area contributed by atoms with Crippen molar-refractivity contribution in [2.75, 3.05) is 32.7 Å². The van der Waals surface area contributed by atoms with E-state index < -0.39 is 114 Å². The van der Waals surface area contributed by atoms with Crippen molar-refractivity contribution < 1.29 is 48.3 Å². The fraction of sp³-hybridized carbons (Fsp3) is 0.809. The molecule has 1 heterocycles. The second-order valence-electron chi connectivity index (χ2n) is 19.6. The van der Waals surface area contributed by atoms with Crippen molar-refractivity contribution in [1.29, 1.82) is 0 Å². The van der Waals surface area contributed by atoms with Gasteiger partial charge in [-0.15, -0.1) is 0 Å². The Morgan fingerprint density at radius 3 is 1.33 bits per heavy atom. The Labute approximate surface area is 414 Å². The number of amides is 9. The number of carbonyl (C=O) groups is 9. The minimum Gasteiger partial charge on any atom is -0.393 e. The molecule has 402 valence electrons. The Balaban J connectivity index is 3.84. The molecule has 0 aliphatic carbocycles. The first-order valence-electron chi connectivity index (χ1n) is 25.3. The summed E-state index contributed by atoms with van der Waals surface area (Å²) < 4.78 is 0. The van der Waals surface area contributed by atoms with Crippen molar-refractivity contribution in [3.05, 3.63) is 0 Å². The first-order valence-corrected chi connectivity index (χ1v) is 25.3. The summed E-state index contributed by atoms with van der Waals surface area (Å²) in [5.41, 5.74) is 23.5.